The van der Waals surface area contributed by atoms with Crippen molar-refractivity contribution in [1.82, 2.24) is 4.31 Å². The first-order valence-corrected chi connectivity index (χ1v) is 11.6. The fourth-order valence-corrected chi connectivity index (χ4v) is 4.83. The third-order valence-electron chi connectivity index (χ3n) is 4.78. The third kappa shape index (κ3) is 6.28. The molecule has 33 heavy (non-hydrogen) atoms. The molecular formula is C23H21ClF2N2O4S. The van der Waals surface area contributed by atoms with Crippen LogP contribution in [0.2, 0.25) is 5.02 Å². The van der Waals surface area contributed by atoms with Crippen molar-refractivity contribution in [1.29, 1.82) is 0 Å². The van der Waals surface area contributed by atoms with Gasteiger partial charge in [-0.1, -0.05) is 41.9 Å². The Kier molecular flexibility index (Phi) is 8.01. The maximum absolute atomic E-state index is 13.9. The normalized spacial score (nSPS) is 11.4. The highest BCUT2D eigenvalue weighted by atomic mass is 35.5. The average Bonchev–Trinajstić information content (AvgIpc) is 2.79. The van der Waals surface area contributed by atoms with Gasteiger partial charge in [-0.25, -0.2) is 17.2 Å². The molecule has 0 heterocycles. The average molecular weight is 495 g/mol. The molecule has 0 aliphatic rings. The summed E-state index contributed by atoms with van der Waals surface area (Å²) in [6.07, 6.45) is 0.325. The largest absolute Gasteiger partial charge is 0.495 e. The predicted molar refractivity (Wildman–Crippen MR) is 122 cm³/mol. The summed E-state index contributed by atoms with van der Waals surface area (Å²) in [7, 11) is -2.76. The molecule has 3 aromatic rings. The van der Waals surface area contributed by atoms with Crippen LogP contribution in [0.4, 0.5) is 14.5 Å². The smallest absolute Gasteiger partial charge is 0.243 e. The van der Waals surface area contributed by atoms with Gasteiger partial charge < -0.3 is 10.1 Å². The number of halogens is 3. The summed E-state index contributed by atoms with van der Waals surface area (Å²) in [5, 5.41) is 2.32. The number of carbonyl (C=O) groups is 1. The van der Waals surface area contributed by atoms with Gasteiger partial charge >= 0.3 is 0 Å². The van der Waals surface area contributed by atoms with E-state index in [1.165, 1.54) is 25.3 Å². The molecule has 0 aromatic heterocycles. The van der Waals surface area contributed by atoms with E-state index in [-0.39, 0.29) is 22.2 Å². The van der Waals surface area contributed by atoms with Gasteiger partial charge in [-0.15, -0.1) is 0 Å². The van der Waals surface area contributed by atoms with E-state index in [9.17, 15) is 22.0 Å². The van der Waals surface area contributed by atoms with Crippen LogP contribution >= 0.6 is 11.6 Å². The SMILES string of the molecule is COc1ccc(S(=O)(=O)N(CCc2ccccc2)CC(=O)Nc2cc(F)ccc2F)cc1Cl. The van der Waals surface area contributed by atoms with Gasteiger partial charge in [-0.05, 0) is 42.3 Å². The van der Waals surface area contributed by atoms with E-state index in [1.54, 1.807) is 0 Å². The molecular weight excluding hydrogens is 474 g/mol. The molecule has 0 bridgehead atoms. The number of methoxy groups -OCH3 is 1. The van der Waals surface area contributed by atoms with Crippen molar-refractivity contribution >= 4 is 33.2 Å². The van der Waals surface area contributed by atoms with E-state index in [1.807, 2.05) is 30.3 Å². The number of nitrogens with zero attached hydrogens (tertiary/aromatic N) is 1. The molecule has 0 aliphatic carbocycles. The second-order valence-electron chi connectivity index (χ2n) is 7.04. The Morgan fingerprint density at radius 3 is 2.45 bits per heavy atom. The maximum atomic E-state index is 13.9. The Hall–Kier alpha value is -3.01. The summed E-state index contributed by atoms with van der Waals surface area (Å²) in [5.41, 5.74) is 0.481. The molecule has 0 saturated carbocycles. The molecule has 10 heteroatoms. The van der Waals surface area contributed by atoms with Crippen LogP contribution in [-0.2, 0) is 21.2 Å². The minimum absolute atomic E-state index is 0.0327. The zero-order chi connectivity index (χ0) is 24.0. The molecule has 0 fully saturated rings. The first kappa shape index (κ1) is 24.6. The summed E-state index contributed by atoms with van der Waals surface area (Å²) < 4.78 is 60.0. The van der Waals surface area contributed by atoms with Crippen molar-refractivity contribution in [2.24, 2.45) is 0 Å². The highest BCUT2D eigenvalue weighted by Crippen LogP contribution is 2.28. The van der Waals surface area contributed by atoms with Crippen molar-refractivity contribution in [3.05, 3.63) is 89.0 Å². The van der Waals surface area contributed by atoms with E-state index in [4.69, 9.17) is 16.3 Å². The van der Waals surface area contributed by atoms with Gasteiger partial charge in [0.05, 0.1) is 29.3 Å². The van der Waals surface area contributed by atoms with E-state index in [0.717, 1.165) is 28.1 Å². The highest BCUT2D eigenvalue weighted by Gasteiger charge is 2.27. The summed E-state index contributed by atoms with van der Waals surface area (Å²) >= 11 is 6.09. The molecule has 0 aliphatic heterocycles. The Morgan fingerprint density at radius 1 is 1.06 bits per heavy atom. The molecule has 3 rings (SSSR count). The summed E-state index contributed by atoms with van der Waals surface area (Å²) in [5.74, 6) is -2.11. The monoisotopic (exact) mass is 494 g/mol. The van der Waals surface area contributed by atoms with Crippen LogP contribution in [0.25, 0.3) is 0 Å². The van der Waals surface area contributed by atoms with Crippen LogP contribution in [0.3, 0.4) is 0 Å². The number of ether oxygens (including phenoxy) is 1. The number of hydrogen-bond acceptors (Lipinski definition) is 4. The number of nitrogens with one attached hydrogen (secondary N) is 1. The van der Waals surface area contributed by atoms with Gasteiger partial charge in [0.1, 0.15) is 17.4 Å². The van der Waals surface area contributed by atoms with Crippen LogP contribution in [-0.4, -0.2) is 38.8 Å². The number of carbonyl (C=O) groups excluding carboxylic acids is 1. The number of hydrogen-bond donors (Lipinski definition) is 1. The zero-order valence-electron chi connectivity index (χ0n) is 17.6. The van der Waals surface area contributed by atoms with Crippen molar-refractivity contribution in [3.8, 4) is 5.75 Å². The number of amides is 1. The number of rotatable bonds is 9. The van der Waals surface area contributed by atoms with Crippen molar-refractivity contribution in [2.75, 3.05) is 25.5 Å². The third-order valence-corrected chi connectivity index (χ3v) is 6.91. The fraction of sp³-hybridized carbons (Fsp3) is 0.174. The number of sulfonamides is 1. The standard InChI is InChI=1S/C23H21ClF2N2O4S/c1-32-22-10-8-18(14-19(22)24)33(30,31)28(12-11-16-5-3-2-4-6-16)15-23(29)27-21-13-17(25)7-9-20(21)26/h2-10,13-14H,11-12,15H2,1H3,(H,27,29). The van der Waals surface area contributed by atoms with E-state index in [2.05, 4.69) is 5.32 Å². The molecule has 0 radical (unpaired) electrons. The number of benzene rings is 3. The maximum Gasteiger partial charge on any atom is 0.243 e. The van der Waals surface area contributed by atoms with Gasteiger partial charge in [0.2, 0.25) is 15.9 Å². The quantitative estimate of drug-likeness (QED) is 0.475. The minimum Gasteiger partial charge on any atom is -0.495 e. The Balaban J connectivity index is 1.87. The zero-order valence-corrected chi connectivity index (χ0v) is 19.2. The van der Waals surface area contributed by atoms with Gasteiger partial charge in [0, 0.05) is 12.6 Å². The molecule has 1 amide bonds. The Bertz CT molecular complexity index is 1240. The molecule has 0 unspecified atom stereocenters. The predicted octanol–water partition coefficient (Wildman–Crippen LogP) is 4.50. The first-order chi connectivity index (χ1) is 15.7. The lowest BCUT2D eigenvalue weighted by molar-refractivity contribution is -0.116. The molecule has 0 atom stereocenters. The van der Waals surface area contributed by atoms with Gasteiger partial charge in [0.15, 0.2) is 0 Å². The number of anilines is 1. The van der Waals surface area contributed by atoms with Gasteiger partial charge in [-0.3, -0.25) is 4.79 Å². The van der Waals surface area contributed by atoms with E-state index in [0.29, 0.717) is 12.2 Å². The highest BCUT2D eigenvalue weighted by molar-refractivity contribution is 7.89. The van der Waals surface area contributed by atoms with Gasteiger partial charge in [0.25, 0.3) is 0 Å². The summed E-state index contributed by atoms with van der Waals surface area (Å²) in [6, 6.07) is 15.7. The molecule has 3 aromatic carbocycles. The van der Waals surface area contributed by atoms with Crippen molar-refractivity contribution < 1.29 is 26.7 Å². The summed E-state index contributed by atoms with van der Waals surface area (Å²) in [4.78, 5) is 12.5. The Labute approximate surface area is 195 Å². The van der Waals surface area contributed by atoms with Crippen LogP contribution in [0.1, 0.15) is 5.56 Å². The topological polar surface area (TPSA) is 75.7 Å². The van der Waals surface area contributed by atoms with Crippen LogP contribution < -0.4 is 10.1 Å². The molecule has 174 valence electrons. The molecule has 0 saturated heterocycles. The lowest BCUT2D eigenvalue weighted by Crippen LogP contribution is -2.39. The second kappa shape index (κ2) is 10.7. The van der Waals surface area contributed by atoms with E-state index < -0.39 is 34.1 Å². The van der Waals surface area contributed by atoms with Crippen molar-refractivity contribution in [2.45, 2.75) is 11.3 Å². The van der Waals surface area contributed by atoms with E-state index >= 15 is 0 Å². The molecule has 1 N–H and O–H groups in total. The fourth-order valence-electron chi connectivity index (χ4n) is 3.08. The first-order valence-electron chi connectivity index (χ1n) is 9.83. The second-order valence-corrected chi connectivity index (χ2v) is 9.39. The lowest BCUT2D eigenvalue weighted by Gasteiger charge is -2.22. The van der Waals surface area contributed by atoms with Gasteiger partial charge in [-0.2, -0.15) is 4.31 Å². The van der Waals surface area contributed by atoms with Crippen LogP contribution in [0.5, 0.6) is 5.75 Å². The minimum atomic E-state index is -4.16. The molecule has 6 nitrogen and oxygen atoms in total. The molecule has 0 spiro atoms. The van der Waals surface area contributed by atoms with Crippen molar-refractivity contribution in [3.63, 3.8) is 0 Å². The van der Waals surface area contributed by atoms with Crippen LogP contribution in [0, 0.1) is 11.6 Å². The van der Waals surface area contributed by atoms with Crippen LogP contribution in [0.15, 0.2) is 71.6 Å². The summed E-state index contributed by atoms with van der Waals surface area (Å²) in [6.45, 7) is -0.649. The Morgan fingerprint density at radius 2 is 1.79 bits per heavy atom. The lowest BCUT2D eigenvalue weighted by atomic mass is 10.1.